The van der Waals surface area contributed by atoms with E-state index in [0.29, 0.717) is 31.3 Å². The molecule has 0 bridgehead atoms. The first-order valence-electron chi connectivity index (χ1n) is 6.75. The van der Waals surface area contributed by atoms with E-state index in [1.54, 1.807) is 6.92 Å². The molecule has 19 heavy (non-hydrogen) atoms. The summed E-state index contributed by atoms with van der Waals surface area (Å²) >= 11 is 0. The van der Waals surface area contributed by atoms with Gasteiger partial charge < -0.3 is 19.3 Å². The van der Waals surface area contributed by atoms with Crippen molar-refractivity contribution in [1.82, 2.24) is 0 Å². The van der Waals surface area contributed by atoms with Crippen LogP contribution in [-0.2, 0) is 10.3 Å². The maximum absolute atomic E-state index is 10.4. The van der Waals surface area contributed by atoms with E-state index >= 15 is 0 Å². The van der Waals surface area contributed by atoms with Gasteiger partial charge in [-0.25, -0.2) is 0 Å². The Morgan fingerprint density at radius 3 is 2.21 bits per heavy atom. The fourth-order valence-corrected chi connectivity index (χ4v) is 1.77. The standard InChI is InChI=1S/C15H24O4/c1-5-17-11-15(4,16)12-8-9-13(18-6-2)14(10-12)19-7-3/h8-10,16H,5-7,11H2,1-4H3. The molecule has 108 valence electrons. The molecule has 0 saturated heterocycles. The van der Waals surface area contributed by atoms with Gasteiger partial charge in [0.05, 0.1) is 19.8 Å². The smallest absolute Gasteiger partial charge is 0.161 e. The molecule has 0 aliphatic rings. The minimum absolute atomic E-state index is 0.253. The number of benzene rings is 1. The molecule has 0 aromatic heterocycles. The van der Waals surface area contributed by atoms with E-state index in [2.05, 4.69) is 0 Å². The molecule has 1 aromatic carbocycles. The van der Waals surface area contributed by atoms with E-state index in [9.17, 15) is 5.11 Å². The lowest BCUT2D eigenvalue weighted by Gasteiger charge is -2.24. The summed E-state index contributed by atoms with van der Waals surface area (Å²) in [4.78, 5) is 0. The van der Waals surface area contributed by atoms with E-state index in [1.165, 1.54) is 0 Å². The van der Waals surface area contributed by atoms with E-state index in [1.807, 2.05) is 39.0 Å². The average Bonchev–Trinajstić information content (AvgIpc) is 2.39. The van der Waals surface area contributed by atoms with Gasteiger partial charge in [-0.05, 0) is 45.4 Å². The second-order valence-electron chi connectivity index (χ2n) is 4.44. The molecule has 4 heteroatoms. The average molecular weight is 268 g/mol. The van der Waals surface area contributed by atoms with Gasteiger partial charge in [0.2, 0.25) is 0 Å². The van der Waals surface area contributed by atoms with Crippen LogP contribution < -0.4 is 9.47 Å². The van der Waals surface area contributed by atoms with Gasteiger partial charge in [-0.3, -0.25) is 0 Å². The van der Waals surface area contributed by atoms with Gasteiger partial charge in [0.15, 0.2) is 11.5 Å². The summed E-state index contributed by atoms with van der Waals surface area (Å²) in [5.74, 6) is 1.35. The normalized spacial score (nSPS) is 13.9. The molecular weight excluding hydrogens is 244 g/mol. The van der Waals surface area contributed by atoms with Crippen molar-refractivity contribution < 1.29 is 19.3 Å². The Balaban J connectivity index is 2.99. The third-order valence-corrected chi connectivity index (χ3v) is 2.75. The van der Waals surface area contributed by atoms with E-state index < -0.39 is 5.60 Å². The Hall–Kier alpha value is -1.26. The first-order valence-corrected chi connectivity index (χ1v) is 6.75. The van der Waals surface area contributed by atoms with Crippen LogP contribution in [0.4, 0.5) is 0 Å². The molecule has 0 saturated carbocycles. The first kappa shape index (κ1) is 15.8. The number of ether oxygens (including phenoxy) is 3. The molecule has 4 nitrogen and oxygen atoms in total. The Bertz CT molecular complexity index is 388. The molecule has 1 aromatic rings. The quantitative estimate of drug-likeness (QED) is 0.787. The predicted octanol–water partition coefficient (Wildman–Crippen LogP) is 2.73. The third-order valence-electron chi connectivity index (χ3n) is 2.75. The van der Waals surface area contributed by atoms with Gasteiger partial charge in [-0.1, -0.05) is 6.07 Å². The van der Waals surface area contributed by atoms with E-state index in [4.69, 9.17) is 14.2 Å². The van der Waals surface area contributed by atoms with Crippen LogP contribution in [0, 0.1) is 0 Å². The maximum Gasteiger partial charge on any atom is 0.161 e. The van der Waals surface area contributed by atoms with Crippen LogP contribution >= 0.6 is 0 Å². The van der Waals surface area contributed by atoms with Gasteiger partial charge in [-0.15, -0.1) is 0 Å². The highest BCUT2D eigenvalue weighted by molar-refractivity contribution is 5.44. The van der Waals surface area contributed by atoms with Gasteiger partial charge in [0, 0.05) is 6.61 Å². The summed E-state index contributed by atoms with van der Waals surface area (Å²) in [5, 5.41) is 10.4. The maximum atomic E-state index is 10.4. The Morgan fingerprint density at radius 1 is 1.00 bits per heavy atom. The minimum Gasteiger partial charge on any atom is -0.490 e. The molecule has 0 aliphatic heterocycles. The zero-order valence-electron chi connectivity index (χ0n) is 12.2. The van der Waals surface area contributed by atoms with Crippen molar-refractivity contribution in [2.75, 3.05) is 26.4 Å². The molecule has 1 atom stereocenters. The highest BCUT2D eigenvalue weighted by Gasteiger charge is 2.24. The van der Waals surface area contributed by atoms with Crippen molar-refractivity contribution in [2.24, 2.45) is 0 Å². The number of aliphatic hydroxyl groups is 1. The Morgan fingerprint density at radius 2 is 1.63 bits per heavy atom. The fourth-order valence-electron chi connectivity index (χ4n) is 1.77. The molecule has 1 rings (SSSR count). The zero-order chi connectivity index (χ0) is 14.3. The summed E-state index contributed by atoms with van der Waals surface area (Å²) in [5.41, 5.74) is -0.278. The molecule has 0 aliphatic carbocycles. The Kier molecular flexibility index (Phi) is 6.12. The molecule has 0 radical (unpaired) electrons. The van der Waals surface area contributed by atoms with Crippen molar-refractivity contribution in [3.63, 3.8) is 0 Å². The van der Waals surface area contributed by atoms with Crippen LogP contribution in [0.5, 0.6) is 11.5 Å². The summed E-state index contributed by atoms with van der Waals surface area (Å²) in [6, 6.07) is 5.48. The summed E-state index contributed by atoms with van der Waals surface area (Å²) in [6.45, 7) is 9.43. The van der Waals surface area contributed by atoms with Gasteiger partial charge >= 0.3 is 0 Å². The van der Waals surface area contributed by atoms with Gasteiger partial charge in [-0.2, -0.15) is 0 Å². The molecule has 1 unspecified atom stereocenters. The van der Waals surface area contributed by atoms with Crippen LogP contribution in [-0.4, -0.2) is 31.5 Å². The fraction of sp³-hybridized carbons (Fsp3) is 0.600. The van der Waals surface area contributed by atoms with Crippen molar-refractivity contribution in [2.45, 2.75) is 33.3 Å². The van der Waals surface area contributed by atoms with Crippen molar-refractivity contribution in [3.8, 4) is 11.5 Å². The summed E-state index contributed by atoms with van der Waals surface area (Å²) in [7, 11) is 0. The summed E-state index contributed by atoms with van der Waals surface area (Å²) < 4.78 is 16.4. The van der Waals surface area contributed by atoms with Crippen LogP contribution in [0.3, 0.4) is 0 Å². The SMILES string of the molecule is CCOCC(C)(O)c1ccc(OCC)c(OCC)c1. The minimum atomic E-state index is -1.04. The molecule has 0 spiro atoms. The lowest BCUT2D eigenvalue weighted by Crippen LogP contribution is -2.27. The molecule has 1 N–H and O–H groups in total. The molecule has 0 fully saturated rings. The lowest BCUT2D eigenvalue weighted by molar-refractivity contribution is -0.0345. The third kappa shape index (κ3) is 4.40. The van der Waals surface area contributed by atoms with Crippen molar-refractivity contribution >= 4 is 0 Å². The highest BCUT2D eigenvalue weighted by Crippen LogP contribution is 2.32. The van der Waals surface area contributed by atoms with Gasteiger partial charge in [0.25, 0.3) is 0 Å². The number of hydrogen-bond donors (Lipinski definition) is 1. The number of rotatable bonds is 8. The van der Waals surface area contributed by atoms with Crippen LogP contribution in [0.2, 0.25) is 0 Å². The topological polar surface area (TPSA) is 47.9 Å². The zero-order valence-corrected chi connectivity index (χ0v) is 12.2. The van der Waals surface area contributed by atoms with Crippen molar-refractivity contribution in [3.05, 3.63) is 23.8 Å². The molecule has 0 heterocycles. The van der Waals surface area contributed by atoms with Crippen LogP contribution in [0.15, 0.2) is 18.2 Å². The van der Waals surface area contributed by atoms with E-state index in [-0.39, 0.29) is 6.61 Å². The molecular formula is C15H24O4. The molecule has 0 amide bonds. The monoisotopic (exact) mass is 268 g/mol. The van der Waals surface area contributed by atoms with Gasteiger partial charge in [0.1, 0.15) is 5.60 Å². The lowest BCUT2D eigenvalue weighted by atomic mass is 9.96. The summed E-state index contributed by atoms with van der Waals surface area (Å²) in [6.07, 6.45) is 0. The van der Waals surface area contributed by atoms with E-state index in [0.717, 1.165) is 5.56 Å². The largest absolute Gasteiger partial charge is 0.490 e. The second-order valence-corrected chi connectivity index (χ2v) is 4.44. The number of hydrogen-bond acceptors (Lipinski definition) is 4. The Labute approximate surface area is 115 Å². The highest BCUT2D eigenvalue weighted by atomic mass is 16.5. The predicted molar refractivity (Wildman–Crippen MR) is 74.8 cm³/mol. The second kappa shape index (κ2) is 7.36. The van der Waals surface area contributed by atoms with Crippen LogP contribution in [0.1, 0.15) is 33.3 Å². The first-order chi connectivity index (χ1) is 9.05. The van der Waals surface area contributed by atoms with Crippen molar-refractivity contribution in [1.29, 1.82) is 0 Å². The van der Waals surface area contributed by atoms with Crippen LogP contribution in [0.25, 0.3) is 0 Å².